The number of hydrogen-bond donors (Lipinski definition) is 1. The number of Topliss-reactive ketones (excluding diaryl/α,β-unsaturated/α-hetero) is 1. The van der Waals surface area contributed by atoms with E-state index in [0.29, 0.717) is 25.7 Å². The zero-order valence-electron chi connectivity index (χ0n) is 19.4. The Morgan fingerprint density at radius 3 is 2.44 bits per heavy atom. The molecule has 0 saturated heterocycles. The number of aliphatic hydroxyl groups is 1. The van der Waals surface area contributed by atoms with Gasteiger partial charge in [-0.3, -0.25) is 19.2 Å². The van der Waals surface area contributed by atoms with E-state index >= 15 is 0 Å². The fraction of sp³-hybridized carbons (Fsp3) is 0.760. The minimum absolute atomic E-state index is 0.0370. The van der Waals surface area contributed by atoms with Crippen molar-refractivity contribution < 1.29 is 33.8 Å². The summed E-state index contributed by atoms with van der Waals surface area (Å²) < 4.78 is 11.7. The Bertz CT molecular complexity index is 891. The Hall–Kier alpha value is -2.02. The second-order valence-electron chi connectivity index (χ2n) is 10.7. The summed E-state index contributed by atoms with van der Waals surface area (Å²) >= 11 is 0. The maximum absolute atomic E-state index is 13.1. The van der Waals surface area contributed by atoms with Gasteiger partial charge in [0.15, 0.2) is 11.4 Å². The zero-order valence-corrected chi connectivity index (χ0v) is 19.4. The predicted molar refractivity (Wildman–Crippen MR) is 114 cm³/mol. The smallest absolute Gasteiger partial charge is 0.303 e. The second-order valence-corrected chi connectivity index (χ2v) is 10.7. The minimum atomic E-state index is -1.42. The van der Waals surface area contributed by atoms with Gasteiger partial charge in [-0.15, -0.1) is 0 Å². The lowest BCUT2D eigenvalue weighted by molar-refractivity contribution is -0.207. The molecule has 32 heavy (non-hydrogen) atoms. The molecule has 4 aliphatic carbocycles. The molecule has 3 fully saturated rings. The predicted octanol–water partition coefficient (Wildman–Crippen LogP) is 2.92. The molecule has 0 unspecified atom stereocenters. The molecule has 7 atom stereocenters. The second kappa shape index (κ2) is 7.79. The molecule has 0 bridgehead atoms. The lowest BCUT2D eigenvalue weighted by Crippen LogP contribution is -2.63. The van der Waals surface area contributed by atoms with Crippen LogP contribution in [0.15, 0.2) is 11.6 Å². The van der Waals surface area contributed by atoms with Gasteiger partial charge in [0.1, 0.15) is 12.7 Å². The summed E-state index contributed by atoms with van der Waals surface area (Å²) in [6.07, 6.45) is 5.64. The van der Waals surface area contributed by atoms with E-state index in [2.05, 4.69) is 6.92 Å². The van der Waals surface area contributed by atoms with Crippen LogP contribution in [0.2, 0.25) is 0 Å². The molecule has 0 radical (unpaired) electrons. The van der Waals surface area contributed by atoms with Crippen LogP contribution in [0.5, 0.6) is 0 Å². The number of ether oxygens (including phenoxy) is 2. The first kappa shape index (κ1) is 23.1. The van der Waals surface area contributed by atoms with Crippen LogP contribution in [0.3, 0.4) is 0 Å². The molecular formula is C25H34O7. The van der Waals surface area contributed by atoms with Gasteiger partial charge in [-0.1, -0.05) is 19.4 Å². The lowest BCUT2D eigenvalue weighted by Gasteiger charge is -2.61. The summed E-state index contributed by atoms with van der Waals surface area (Å²) in [5, 5.41) is 9.78. The number of carbonyl (C=O) groups excluding carboxylic acids is 4. The van der Waals surface area contributed by atoms with Crippen molar-refractivity contribution in [2.24, 2.45) is 28.6 Å². The van der Waals surface area contributed by atoms with Crippen molar-refractivity contribution >= 4 is 23.5 Å². The fourth-order valence-electron chi connectivity index (χ4n) is 8.02. The van der Waals surface area contributed by atoms with Gasteiger partial charge in [-0.25, -0.2) is 0 Å². The van der Waals surface area contributed by atoms with E-state index in [0.717, 1.165) is 24.8 Å². The number of ketones is 2. The van der Waals surface area contributed by atoms with Crippen LogP contribution in [0.25, 0.3) is 0 Å². The molecule has 0 spiro atoms. The van der Waals surface area contributed by atoms with Gasteiger partial charge in [0, 0.05) is 31.6 Å². The van der Waals surface area contributed by atoms with Crippen LogP contribution in [-0.2, 0) is 28.7 Å². The van der Waals surface area contributed by atoms with Crippen LogP contribution in [0.4, 0.5) is 0 Å². The third-order valence-corrected chi connectivity index (χ3v) is 9.22. The number of aliphatic hydroxyl groups excluding tert-OH is 1. The molecule has 0 amide bonds. The van der Waals surface area contributed by atoms with Crippen LogP contribution in [0, 0.1) is 28.6 Å². The third kappa shape index (κ3) is 3.18. The van der Waals surface area contributed by atoms with Crippen LogP contribution in [0.1, 0.15) is 72.6 Å². The first-order chi connectivity index (χ1) is 15.0. The molecule has 4 aliphatic rings. The van der Waals surface area contributed by atoms with Crippen molar-refractivity contribution in [3.05, 3.63) is 11.6 Å². The summed E-state index contributed by atoms with van der Waals surface area (Å²) in [5.74, 6) is -0.969. The number of rotatable bonds is 4. The van der Waals surface area contributed by atoms with Crippen LogP contribution in [-0.4, -0.2) is 46.9 Å². The molecule has 1 N–H and O–H groups in total. The summed E-state index contributed by atoms with van der Waals surface area (Å²) in [6.45, 7) is 6.13. The Balaban J connectivity index is 1.82. The third-order valence-electron chi connectivity index (χ3n) is 9.22. The van der Waals surface area contributed by atoms with Gasteiger partial charge in [0.05, 0.1) is 0 Å². The summed E-state index contributed by atoms with van der Waals surface area (Å²) in [7, 11) is 0. The van der Waals surface area contributed by atoms with Crippen molar-refractivity contribution in [2.75, 3.05) is 6.61 Å². The SMILES string of the molecule is CC(=O)O[C@H]1C[C@@]2(C)[C@@H](CC[C@]2(OC(C)=O)C(=O)CO)[C@@H]2CCC3=CC(=O)CC[C@]3(C)[C@H]21. The van der Waals surface area contributed by atoms with Crippen LogP contribution >= 0.6 is 0 Å². The monoisotopic (exact) mass is 446 g/mol. The maximum atomic E-state index is 13.1. The Morgan fingerprint density at radius 1 is 1.09 bits per heavy atom. The van der Waals surface area contributed by atoms with E-state index in [-0.39, 0.29) is 34.9 Å². The zero-order chi connectivity index (χ0) is 23.5. The summed E-state index contributed by atoms with van der Waals surface area (Å²) in [4.78, 5) is 49.4. The minimum Gasteiger partial charge on any atom is -0.462 e. The van der Waals surface area contributed by atoms with E-state index in [1.165, 1.54) is 13.8 Å². The van der Waals surface area contributed by atoms with E-state index in [9.17, 15) is 24.3 Å². The van der Waals surface area contributed by atoms with Crippen molar-refractivity contribution in [2.45, 2.75) is 84.3 Å². The molecule has 0 aromatic heterocycles. The molecule has 0 aromatic rings. The summed E-state index contributed by atoms with van der Waals surface area (Å²) in [5.41, 5.74) is -1.26. The van der Waals surface area contributed by atoms with Crippen molar-refractivity contribution in [1.29, 1.82) is 0 Å². The molecular weight excluding hydrogens is 412 g/mol. The topological polar surface area (TPSA) is 107 Å². The standard InChI is InChI=1S/C25H34O7/c1-14(27)31-20-12-24(4)19(8-10-25(24,21(30)13-26)32-15(2)28)18-6-5-16-11-17(29)7-9-23(16,3)22(18)20/h11,18-20,22,26H,5-10,12-13H2,1-4H3/t18-,19-,20-,22+,23-,24-,25-/m0/s1. The first-order valence-corrected chi connectivity index (χ1v) is 11.7. The van der Waals surface area contributed by atoms with Crippen LogP contribution < -0.4 is 0 Å². The first-order valence-electron chi connectivity index (χ1n) is 11.7. The molecule has 0 aliphatic heterocycles. The van der Waals surface area contributed by atoms with Gasteiger partial charge in [-0.05, 0) is 61.9 Å². The molecule has 3 saturated carbocycles. The Labute approximate surface area is 188 Å². The lowest BCUT2D eigenvalue weighted by atomic mass is 9.45. The van der Waals surface area contributed by atoms with E-state index < -0.39 is 35.5 Å². The molecule has 7 heteroatoms. The highest BCUT2D eigenvalue weighted by Crippen LogP contribution is 2.68. The van der Waals surface area contributed by atoms with Gasteiger partial charge in [0.2, 0.25) is 5.78 Å². The van der Waals surface area contributed by atoms with Gasteiger partial charge >= 0.3 is 11.9 Å². The molecule has 7 nitrogen and oxygen atoms in total. The average Bonchev–Trinajstić information content (AvgIpc) is 2.99. The van der Waals surface area contributed by atoms with Gasteiger partial charge in [-0.2, -0.15) is 0 Å². The highest BCUT2D eigenvalue weighted by molar-refractivity contribution is 5.92. The number of esters is 2. The van der Waals surface area contributed by atoms with E-state index in [4.69, 9.17) is 9.47 Å². The van der Waals surface area contributed by atoms with Crippen molar-refractivity contribution in [1.82, 2.24) is 0 Å². The highest BCUT2D eigenvalue weighted by atomic mass is 16.6. The van der Waals surface area contributed by atoms with Crippen molar-refractivity contribution in [3.63, 3.8) is 0 Å². The number of carbonyl (C=O) groups is 4. The Morgan fingerprint density at radius 2 is 1.81 bits per heavy atom. The van der Waals surface area contributed by atoms with E-state index in [1.807, 2.05) is 6.92 Å². The Kier molecular flexibility index (Phi) is 5.63. The number of fused-ring (bicyclic) bond motifs is 5. The normalized spacial score (nSPS) is 42.8. The fourth-order valence-corrected chi connectivity index (χ4v) is 8.02. The van der Waals surface area contributed by atoms with Gasteiger partial charge < -0.3 is 14.6 Å². The van der Waals surface area contributed by atoms with Gasteiger partial charge in [0.25, 0.3) is 0 Å². The largest absolute Gasteiger partial charge is 0.462 e. The molecule has 176 valence electrons. The highest BCUT2D eigenvalue weighted by Gasteiger charge is 2.71. The number of hydrogen-bond acceptors (Lipinski definition) is 7. The molecule has 0 heterocycles. The van der Waals surface area contributed by atoms with Crippen molar-refractivity contribution in [3.8, 4) is 0 Å². The van der Waals surface area contributed by atoms with E-state index in [1.54, 1.807) is 6.08 Å². The maximum Gasteiger partial charge on any atom is 0.303 e. The quantitative estimate of drug-likeness (QED) is 0.662. The summed E-state index contributed by atoms with van der Waals surface area (Å²) in [6, 6.07) is 0. The molecule has 0 aromatic carbocycles. The average molecular weight is 447 g/mol. The molecule has 4 rings (SSSR count). The number of allylic oxidation sites excluding steroid dienone is 1.